The molecule has 1 aliphatic rings. The highest BCUT2D eigenvalue weighted by Gasteiger charge is 2.26. The van der Waals surface area contributed by atoms with Gasteiger partial charge in [-0.3, -0.25) is 4.79 Å². The van der Waals surface area contributed by atoms with E-state index in [-0.39, 0.29) is 11.8 Å². The average Bonchev–Trinajstić information content (AvgIpc) is 3.29. The van der Waals surface area contributed by atoms with Crippen LogP contribution in [-0.2, 0) is 4.79 Å². The summed E-state index contributed by atoms with van der Waals surface area (Å²) in [7, 11) is 1.62. The number of aryl methyl sites for hydroxylation is 1. The standard InChI is InChI=1S/C26H27N5O2/c1-18-7-8-23(33-2)21(15-18)29-26(32)20-9-12-30(13-10-20)24-16-25(28-17-27-24)31-14-11-19-5-3-4-6-22(19)31/h3-8,11,14-17,20H,9-10,12-13H2,1-2H3,(H,29,32). The van der Waals surface area contributed by atoms with Crippen molar-refractivity contribution >= 4 is 28.3 Å². The SMILES string of the molecule is COc1ccc(C)cc1NC(=O)C1CCN(c2cc(-n3ccc4ccccc43)ncn2)CC1. The maximum atomic E-state index is 12.9. The van der Waals surface area contributed by atoms with Crippen LogP contribution in [0, 0.1) is 12.8 Å². The first-order chi connectivity index (χ1) is 16.1. The molecule has 33 heavy (non-hydrogen) atoms. The summed E-state index contributed by atoms with van der Waals surface area (Å²) in [5, 5.41) is 4.24. The largest absolute Gasteiger partial charge is 0.495 e. The second kappa shape index (κ2) is 8.94. The summed E-state index contributed by atoms with van der Waals surface area (Å²) >= 11 is 0. The molecule has 2 aromatic heterocycles. The van der Waals surface area contributed by atoms with Crippen molar-refractivity contribution in [3.8, 4) is 11.6 Å². The quantitative estimate of drug-likeness (QED) is 0.490. The zero-order valence-corrected chi connectivity index (χ0v) is 18.9. The van der Waals surface area contributed by atoms with E-state index < -0.39 is 0 Å². The fourth-order valence-corrected chi connectivity index (χ4v) is 4.45. The average molecular weight is 442 g/mol. The van der Waals surface area contributed by atoms with E-state index in [2.05, 4.69) is 43.0 Å². The number of para-hydroxylation sites is 1. The third-order valence-corrected chi connectivity index (χ3v) is 6.29. The Morgan fingerprint density at radius 1 is 1.03 bits per heavy atom. The minimum atomic E-state index is -0.0406. The molecule has 0 radical (unpaired) electrons. The summed E-state index contributed by atoms with van der Waals surface area (Å²) in [4.78, 5) is 24.1. The predicted octanol–water partition coefficient (Wildman–Crippen LogP) is 4.59. The van der Waals surface area contributed by atoms with Gasteiger partial charge in [-0.1, -0.05) is 24.3 Å². The van der Waals surface area contributed by atoms with Crippen molar-refractivity contribution in [1.82, 2.24) is 14.5 Å². The topological polar surface area (TPSA) is 72.3 Å². The van der Waals surface area contributed by atoms with Crippen LogP contribution in [0.1, 0.15) is 18.4 Å². The molecule has 0 bridgehead atoms. The summed E-state index contributed by atoms with van der Waals surface area (Å²) in [6.45, 7) is 3.54. The van der Waals surface area contributed by atoms with Gasteiger partial charge in [0.1, 0.15) is 23.7 Å². The number of amides is 1. The Morgan fingerprint density at radius 3 is 2.64 bits per heavy atom. The number of aromatic nitrogens is 3. The van der Waals surface area contributed by atoms with Crippen LogP contribution < -0.4 is 15.0 Å². The van der Waals surface area contributed by atoms with Crippen molar-refractivity contribution in [3.63, 3.8) is 0 Å². The Hall–Kier alpha value is -3.87. The van der Waals surface area contributed by atoms with Crippen molar-refractivity contribution in [2.24, 2.45) is 5.92 Å². The highest BCUT2D eigenvalue weighted by molar-refractivity contribution is 5.94. The van der Waals surface area contributed by atoms with Gasteiger partial charge in [-0.25, -0.2) is 9.97 Å². The molecule has 5 rings (SSSR count). The van der Waals surface area contributed by atoms with Gasteiger partial charge in [0.05, 0.1) is 18.3 Å². The van der Waals surface area contributed by atoms with Crippen LogP contribution in [0.2, 0.25) is 0 Å². The highest BCUT2D eigenvalue weighted by Crippen LogP contribution is 2.29. The monoisotopic (exact) mass is 441 g/mol. The molecule has 1 amide bonds. The van der Waals surface area contributed by atoms with E-state index in [1.54, 1.807) is 13.4 Å². The molecule has 3 heterocycles. The molecule has 0 unspecified atom stereocenters. The lowest BCUT2D eigenvalue weighted by atomic mass is 9.95. The van der Waals surface area contributed by atoms with Gasteiger partial charge in [0.2, 0.25) is 5.91 Å². The second-order valence-corrected chi connectivity index (χ2v) is 8.43. The van der Waals surface area contributed by atoms with Gasteiger partial charge in [-0.2, -0.15) is 0 Å². The van der Waals surface area contributed by atoms with Gasteiger partial charge < -0.3 is 19.5 Å². The maximum Gasteiger partial charge on any atom is 0.227 e. The van der Waals surface area contributed by atoms with Crippen molar-refractivity contribution in [2.45, 2.75) is 19.8 Å². The lowest BCUT2D eigenvalue weighted by molar-refractivity contribution is -0.120. The Bertz CT molecular complexity index is 1290. The van der Waals surface area contributed by atoms with Crippen LogP contribution in [0.3, 0.4) is 0 Å². The highest BCUT2D eigenvalue weighted by atomic mass is 16.5. The van der Waals surface area contributed by atoms with E-state index in [0.29, 0.717) is 5.75 Å². The zero-order chi connectivity index (χ0) is 22.8. The Balaban J connectivity index is 1.27. The molecule has 1 saturated heterocycles. The molecular formula is C26H27N5O2. The predicted molar refractivity (Wildman–Crippen MR) is 130 cm³/mol. The van der Waals surface area contributed by atoms with E-state index >= 15 is 0 Å². The lowest BCUT2D eigenvalue weighted by Gasteiger charge is -2.32. The van der Waals surface area contributed by atoms with Gasteiger partial charge in [-0.05, 0) is 55.0 Å². The van der Waals surface area contributed by atoms with Crippen molar-refractivity contribution in [1.29, 1.82) is 0 Å². The number of methoxy groups -OCH3 is 1. The number of benzene rings is 2. The number of ether oxygens (including phenoxy) is 1. The molecule has 0 spiro atoms. The molecule has 4 aromatic rings. The Labute approximate surface area is 193 Å². The van der Waals surface area contributed by atoms with Crippen LogP contribution in [0.5, 0.6) is 5.75 Å². The Morgan fingerprint density at radius 2 is 1.82 bits per heavy atom. The first-order valence-corrected chi connectivity index (χ1v) is 11.2. The molecule has 0 atom stereocenters. The van der Waals surface area contributed by atoms with Gasteiger partial charge in [0.25, 0.3) is 0 Å². The van der Waals surface area contributed by atoms with Gasteiger partial charge in [0, 0.05) is 31.3 Å². The number of anilines is 2. The number of hydrogen-bond donors (Lipinski definition) is 1. The number of rotatable bonds is 5. The van der Waals surface area contributed by atoms with Crippen molar-refractivity contribution < 1.29 is 9.53 Å². The molecule has 1 N–H and O–H groups in total. The fourth-order valence-electron chi connectivity index (χ4n) is 4.45. The van der Waals surface area contributed by atoms with Crippen LogP contribution in [0.15, 0.2) is 67.1 Å². The van der Waals surface area contributed by atoms with E-state index in [4.69, 9.17) is 4.74 Å². The normalized spacial score (nSPS) is 14.4. The number of carbonyl (C=O) groups excluding carboxylic acids is 1. The van der Waals surface area contributed by atoms with Gasteiger partial charge >= 0.3 is 0 Å². The first-order valence-electron chi connectivity index (χ1n) is 11.2. The molecule has 2 aromatic carbocycles. The van der Waals surface area contributed by atoms with Crippen LogP contribution in [-0.4, -0.2) is 40.6 Å². The molecule has 1 aliphatic heterocycles. The number of nitrogens with zero attached hydrogens (tertiary/aromatic N) is 4. The third-order valence-electron chi connectivity index (χ3n) is 6.29. The first kappa shape index (κ1) is 21.0. The number of hydrogen-bond acceptors (Lipinski definition) is 5. The summed E-state index contributed by atoms with van der Waals surface area (Å²) in [6.07, 6.45) is 5.19. The van der Waals surface area contributed by atoms with Gasteiger partial charge in [0.15, 0.2) is 0 Å². The summed E-state index contributed by atoms with van der Waals surface area (Å²) in [5.41, 5.74) is 2.92. The molecule has 0 saturated carbocycles. The lowest BCUT2D eigenvalue weighted by Crippen LogP contribution is -2.38. The molecule has 7 heteroatoms. The molecule has 0 aliphatic carbocycles. The maximum absolute atomic E-state index is 12.9. The van der Waals surface area contributed by atoms with E-state index in [1.165, 1.54) is 5.39 Å². The summed E-state index contributed by atoms with van der Waals surface area (Å²) in [5.74, 6) is 2.41. The molecule has 1 fully saturated rings. The summed E-state index contributed by atoms with van der Waals surface area (Å²) in [6, 6.07) is 18.2. The van der Waals surface area contributed by atoms with E-state index in [9.17, 15) is 4.79 Å². The number of nitrogens with one attached hydrogen (secondary N) is 1. The second-order valence-electron chi connectivity index (χ2n) is 8.43. The third kappa shape index (κ3) is 4.26. The smallest absolute Gasteiger partial charge is 0.227 e. The molecule has 7 nitrogen and oxygen atoms in total. The minimum Gasteiger partial charge on any atom is -0.495 e. The molecular weight excluding hydrogens is 414 g/mol. The Kier molecular flexibility index (Phi) is 5.69. The van der Waals surface area contributed by atoms with Crippen LogP contribution in [0.4, 0.5) is 11.5 Å². The van der Waals surface area contributed by atoms with Crippen LogP contribution >= 0.6 is 0 Å². The fraction of sp³-hybridized carbons (Fsp3) is 0.269. The minimum absolute atomic E-state index is 0.0406. The van der Waals surface area contributed by atoms with E-state index in [1.807, 2.05) is 49.5 Å². The van der Waals surface area contributed by atoms with Crippen molar-refractivity contribution in [2.75, 3.05) is 30.4 Å². The van der Waals surface area contributed by atoms with Crippen LogP contribution in [0.25, 0.3) is 16.7 Å². The van der Waals surface area contributed by atoms with Gasteiger partial charge in [-0.15, -0.1) is 0 Å². The number of carbonyl (C=O) groups is 1. The number of fused-ring (bicyclic) bond motifs is 1. The number of piperidine rings is 1. The molecule has 168 valence electrons. The van der Waals surface area contributed by atoms with Crippen molar-refractivity contribution in [3.05, 3.63) is 72.7 Å². The zero-order valence-electron chi connectivity index (χ0n) is 18.9. The summed E-state index contributed by atoms with van der Waals surface area (Å²) < 4.78 is 7.47. The van der Waals surface area contributed by atoms with E-state index in [0.717, 1.165) is 54.3 Å².